The minimum Gasteiger partial charge on any atom is -0.391 e. The average molecular weight is 412 g/mol. The van der Waals surface area contributed by atoms with Crippen molar-refractivity contribution in [3.8, 4) is 0 Å². The molecule has 7 nitrogen and oxygen atoms in total. The first-order valence-corrected chi connectivity index (χ1v) is 11.4. The van der Waals surface area contributed by atoms with E-state index in [2.05, 4.69) is 0 Å². The minimum absolute atomic E-state index is 0.00623. The summed E-state index contributed by atoms with van der Waals surface area (Å²) >= 11 is 0. The number of nitrogens with zero attached hydrogens (tertiary/aromatic N) is 1. The fourth-order valence-electron chi connectivity index (χ4n) is 4.85. The fraction of sp³-hybridized carbons (Fsp3) is 0.909. The molecule has 1 heterocycles. The SMILES string of the molecule is CC(C)[C@H](C[C@H](O)[C@@H](N)CC1CCCCC1)C(=O)C(CC(N)=O)N1CCOCC1. The van der Waals surface area contributed by atoms with Gasteiger partial charge in [-0.1, -0.05) is 46.0 Å². The summed E-state index contributed by atoms with van der Waals surface area (Å²) in [7, 11) is 0. The summed E-state index contributed by atoms with van der Waals surface area (Å²) < 4.78 is 5.39. The maximum atomic E-state index is 13.4. The molecule has 0 spiro atoms. The molecule has 0 radical (unpaired) electrons. The van der Waals surface area contributed by atoms with Crippen LogP contribution in [0.2, 0.25) is 0 Å². The predicted octanol–water partition coefficient (Wildman–Crippen LogP) is 1.45. The molecule has 1 saturated carbocycles. The molecule has 0 aromatic rings. The van der Waals surface area contributed by atoms with Gasteiger partial charge in [0.15, 0.2) is 5.78 Å². The van der Waals surface area contributed by atoms with E-state index in [1.807, 2.05) is 18.7 Å². The summed E-state index contributed by atoms with van der Waals surface area (Å²) in [5.74, 6) is -0.209. The first-order chi connectivity index (χ1) is 13.8. The van der Waals surface area contributed by atoms with Crippen LogP contribution >= 0.6 is 0 Å². The lowest BCUT2D eigenvalue weighted by atomic mass is 9.79. The molecule has 2 fully saturated rings. The number of rotatable bonds is 11. The van der Waals surface area contributed by atoms with E-state index >= 15 is 0 Å². The molecule has 4 atom stereocenters. The van der Waals surface area contributed by atoms with Gasteiger partial charge >= 0.3 is 0 Å². The van der Waals surface area contributed by atoms with Crippen LogP contribution in [0.15, 0.2) is 0 Å². The summed E-state index contributed by atoms with van der Waals surface area (Å²) in [6.07, 6.45) is 6.59. The van der Waals surface area contributed by atoms with Crippen molar-refractivity contribution in [2.24, 2.45) is 29.2 Å². The molecule has 0 bridgehead atoms. The smallest absolute Gasteiger partial charge is 0.219 e. The van der Waals surface area contributed by atoms with Gasteiger partial charge in [-0.05, 0) is 24.7 Å². The molecule has 0 aromatic carbocycles. The number of morpholine rings is 1. The van der Waals surface area contributed by atoms with Crippen LogP contribution in [-0.2, 0) is 14.3 Å². The molecule has 2 aliphatic rings. The molecule has 0 aromatic heterocycles. The second-order valence-corrected chi connectivity index (χ2v) is 9.29. The normalized spacial score (nSPS) is 23.5. The number of carbonyl (C=O) groups is 2. The van der Waals surface area contributed by atoms with Crippen molar-refractivity contribution in [3.63, 3.8) is 0 Å². The van der Waals surface area contributed by atoms with Gasteiger partial charge in [-0.3, -0.25) is 14.5 Å². The predicted molar refractivity (Wildman–Crippen MR) is 113 cm³/mol. The van der Waals surface area contributed by atoms with Crippen LogP contribution in [0.4, 0.5) is 0 Å². The van der Waals surface area contributed by atoms with Crippen molar-refractivity contribution >= 4 is 11.7 Å². The second kappa shape index (κ2) is 12.0. The lowest BCUT2D eigenvalue weighted by molar-refractivity contribution is -0.136. The maximum absolute atomic E-state index is 13.4. The van der Waals surface area contributed by atoms with Gasteiger partial charge in [-0.2, -0.15) is 0 Å². The van der Waals surface area contributed by atoms with E-state index in [1.54, 1.807) is 0 Å². The molecule has 1 unspecified atom stereocenters. The number of primary amides is 1. The van der Waals surface area contributed by atoms with Gasteiger partial charge < -0.3 is 21.3 Å². The van der Waals surface area contributed by atoms with E-state index in [0.29, 0.717) is 38.6 Å². The summed E-state index contributed by atoms with van der Waals surface area (Å²) in [4.78, 5) is 27.1. The number of ether oxygens (including phenoxy) is 1. The van der Waals surface area contributed by atoms with Crippen LogP contribution in [0.3, 0.4) is 0 Å². The third-order valence-corrected chi connectivity index (χ3v) is 6.70. The number of hydrogen-bond donors (Lipinski definition) is 3. The minimum atomic E-state index is -0.716. The molecule has 1 amide bonds. The number of amides is 1. The second-order valence-electron chi connectivity index (χ2n) is 9.29. The lowest BCUT2D eigenvalue weighted by Gasteiger charge is -2.36. The first kappa shape index (κ1) is 24.3. The standard InChI is InChI=1S/C22H41N3O4/c1-15(2)17(13-20(26)18(23)12-16-6-4-3-5-7-16)22(28)19(14-21(24)27)25-8-10-29-11-9-25/h15-20,26H,3-14,23H2,1-2H3,(H2,24,27)/t17-,18-,19?,20-/m0/s1. The van der Waals surface area contributed by atoms with Crippen molar-refractivity contribution in [3.05, 3.63) is 0 Å². The Bertz CT molecular complexity index is 516. The molecule has 168 valence electrons. The number of aliphatic hydroxyl groups excluding tert-OH is 1. The molecule has 5 N–H and O–H groups in total. The quantitative estimate of drug-likeness (QED) is 0.473. The number of aliphatic hydroxyl groups is 1. The zero-order chi connectivity index (χ0) is 21.4. The monoisotopic (exact) mass is 411 g/mol. The maximum Gasteiger partial charge on any atom is 0.219 e. The number of ketones is 1. The Labute approximate surface area is 175 Å². The van der Waals surface area contributed by atoms with E-state index in [0.717, 1.165) is 6.42 Å². The number of hydrogen-bond acceptors (Lipinski definition) is 6. The Balaban J connectivity index is 2.02. The van der Waals surface area contributed by atoms with Crippen molar-refractivity contribution in [1.82, 2.24) is 4.90 Å². The van der Waals surface area contributed by atoms with Crippen molar-refractivity contribution in [2.75, 3.05) is 26.3 Å². The van der Waals surface area contributed by atoms with E-state index in [-0.39, 0.29) is 30.1 Å². The highest BCUT2D eigenvalue weighted by atomic mass is 16.5. The molecule has 2 rings (SSSR count). The summed E-state index contributed by atoms with van der Waals surface area (Å²) in [6, 6.07) is -0.865. The van der Waals surface area contributed by atoms with E-state index in [9.17, 15) is 14.7 Å². The summed E-state index contributed by atoms with van der Waals surface area (Å²) in [5, 5.41) is 10.8. The number of nitrogens with two attached hydrogens (primary N) is 2. The van der Waals surface area contributed by atoms with Gasteiger partial charge in [-0.25, -0.2) is 0 Å². The topological polar surface area (TPSA) is 119 Å². The Hall–Kier alpha value is -1.02. The molecule has 7 heteroatoms. The fourth-order valence-corrected chi connectivity index (χ4v) is 4.85. The van der Waals surface area contributed by atoms with Gasteiger partial charge in [0, 0.05) is 31.5 Å². The third kappa shape index (κ3) is 7.63. The Kier molecular flexibility index (Phi) is 10.0. The van der Waals surface area contributed by atoms with Crippen LogP contribution < -0.4 is 11.5 Å². The van der Waals surface area contributed by atoms with Gasteiger partial charge in [0.05, 0.1) is 25.4 Å². The molecule has 29 heavy (non-hydrogen) atoms. The van der Waals surface area contributed by atoms with Crippen molar-refractivity contribution < 1.29 is 19.4 Å². The third-order valence-electron chi connectivity index (χ3n) is 6.70. The Morgan fingerprint density at radius 1 is 1.14 bits per heavy atom. The lowest BCUT2D eigenvalue weighted by Crippen LogP contribution is -2.52. The molecular formula is C22H41N3O4. The average Bonchev–Trinajstić information content (AvgIpc) is 2.70. The van der Waals surface area contributed by atoms with E-state index in [4.69, 9.17) is 16.2 Å². The number of carbonyl (C=O) groups excluding carboxylic acids is 2. The molecule has 1 aliphatic carbocycles. The highest BCUT2D eigenvalue weighted by Gasteiger charge is 2.36. The number of Topliss-reactive ketones (excluding diaryl/α,β-unsaturated/α-hetero) is 1. The van der Waals surface area contributed by atoms with E-state index < -0.39 is 18.1 Å². The highest BCUT2D eigenvalue weighted by Crippen LogP contribution is 2.30. The molecule has 1 saturated heterocycles. The van der Waals surface area contributed by atoms with Gasteiger partial charge in [-0.15, -0.1) is 0 Å². The largest absolute Gasteiger partial charge is 0.391 e. The van der Waals surface area contributed by atoms with Crippen LogP contribution in [0.25, 0.3) is 0 Å². The van der Waals surface area contributed by atoms with Crippen LogP contribution in [-0.4, -0.2) is 66.2 Å². The van der Waals surface area contributed by atoms with Gasteiger partial charge in [0.25, 0.3) is 0 Å². The Morgan fingerprint density at radius 3 is 2.31 bits per heavy atom. The summed E-state index contributed by atoms with van der Waals surface area (Å²) in [5.41, 5.74) is 11.8. The van der Waals surface area contributed by atoms with Crippen LogP contribution in [0.5, 0.6) is 0 Å². The van der Waals surface area contributed by atoms with Crippen molar-refractivity contribution in [1.29, 1.82) is 0 Å². The molecular weight excluding hydrogens is 370 g/mol. The van der Waals surface area contributed by atoms with Gasteiger partial charge in [0.1, 0.15) is 0 Å². The first-order valence-electron chi connectivity index (χ1n) is 11.4. The zero-order valence-electron chi connectivity index (χ0n) is 18.2. The van der Waals surface area contributed by atoms with E-state index in [1.165, 1.54) is 32.1 Å². The van der Waals surface area contributed by atoms with Crippen molar-refractivity contribution in [2.45, 2.75) is 83.4 Å². The molecule has 1 aliphatic heterocycles. The van der Waals surface area contributed by atoms with Crippen LogP contribution in [0.1, 0.15) is 65.2 Å². The summed E-state index contributed by atoms with van der Waals surface area (Å²) in [6.45, 7) is 6.29. The zero-order valence-corrected chi connectivity index (χ0v) is 18.2. The van der Waals surface area contributed by atoms with Crippen LogP contribution in [0, 0.1) is 17.8 Å². The Morgan fingerprint density at radius 2 is 1.76 bits per heavy atom. The highest BCUT2D eigenvalue weighted by molar-refractivity contribution is 5.91. The van der Waals surface area contributed by atoms with Gasteiger partial charge in [0.2, 0.25) is 5.91 Å².